The monoisotopic (exact) mass is 378 g/mol. The molecule has 0 aliphatic rings. The highest BCUT2D eigenvalue weighted by molar-refractivity contribution is 9.09. The van der Waals surface area contributed by atoms with Crippen molar-refractivity contribution in [2.45, 2.75) is 23.2 Å². The lowest BCUT2D eigenvalue weighted by molar-refractivity contribution is -0.147. The van der Waals surface area contributed by atoms with Gasteiger partial charge in [-0.05, 0) is 23.6 Å². The van der Waals surface area contributed by atoms with E-state index in [0.717, 1.165) is 0 Å². The number of carbonyl (C=O) groups is 2. The van der Waals surface area contributed by atoms with Crippen LogP contribution in [0.4, 0.5) is 0 Å². The number of Topliss-reactive ketones (excluding diaryl/α,β-unsaturated/α-hetero) is 1. The number of aliphatic carboxylic acids is 1. The van der Waals surface area contributed by atoms with Gasteiger partial charge in [0.15, 0.2) is 6.10 Å². The second kappa shape index (κ2) is 6.45. The summed E-state index contributed by atoms with van der Waals surface area (Å²) in [6.45, 7) is 1.44. The van der Waals surface area contributed by atoms with E-state index in [2.05, 4.69) is 31.9 Å². The van der Waals surface area contributed by atoms with Crippen molar-refractivity contribution in [1.82, 2.24) is 0 Å². The molecule has 0 aliphatic carbocycles. The second-order valence-corrected chi connectivity index (χ2v) is 5.28. The zero-order chi connectivity index (χ0) is 13.9. The predicted molar refractivity (Wildman–Crippen MR) is 74.0 cm³/mol. The maximum atomic E-state index is 11.3. The fraction of sp³-hybridized carbons (Fsp3) is 0.333. The van der Waals surface area contributed by atoms with Crippen LogP contribution in [0.5, 0.6) is 0 Å². The van der Waals surface area contributed by atoms with Gasteiger partial charge in [-0.25, -0.2) is 4.79 Å². The van der Waals surface area contributed by atoms with Gasteiger partial charge < -0.3 is 10.2 Å². The molecular formula is C12H12Br2O4. The molecule has 98 valence electrons. The number of carbonyl (C=O) groups excluding carboxylic acids is 1. The number of ketones is 1. The number of alkyl halides is 2. The number of carboxylic acid groups (broad SMARTS) is 1. The van der Waals surface area contributed by atoms with Crippen molar-refractivity contribution in [1.29, 1.82) is 0 Å². The fourth-order valence-electron chi connectivity index (χ4n) is 1.52. The molecule has 6 heteroatoms. The maximum Gasteiger partial charge on any atom is 0.337 e. The van der Waals surface area contributed by atoms with E-state index in [1.165, 1.54) is 13.0 Å². The first-order valence-electron chi connectivity index (χ1n) is 5.12. The van der Waals surface area contributed by atoms with Gasteiger partial charge in [-0.15, -0.1) is 0 Å². The van der Waals surface area contributed by atoms with Gasteiger partial charge in [0.2, 0.25) is 0 Å². The van der Waals surface area contributed by atoms with Gasteiger partial charge in [-0.2, -0.15) is 0 Å². The third-order valence-electron chi connectivity index (χ3n) is 2.49. The molecule has 0 amide bonds. The predicted octanol–water partition coefficient (Wildman–Crippen LogP) is 2.72. The third-order valence-corrected chi connectivity index (χ3v) is 4.27. The smallest absolute Gasteiger partial charge is 0.337 e. The minimum absolute atomic E-state index is 0.0858. The van der Waals surface area contributed by atoms with Crippen molar-refractivity contribution in [3.63, 3.8) is 0 Å². The Morgan fingerprint density at radius 3 is 2.44 bits per heavy atom. The second-order valence-electron chi connectivity index (χ2n) is 3.81. The minimum atomic E-state index is -1.59. The molecule has 0 saturated carbocycles. The zero-order valence-corrected chi connectivity index (χ0v) is 12.7. The third kappa shape index (κ3) is 3.40. The fourth-order valence-corrected chi connectivity index (χ4v) is 2.31. The molecule has 0 saturated heterocycles. The Bertz CT molecular complexity index is 473. The molecule has 1 rings (SSSR count). The molecule has 0 bridgehead atoms. The number of aliphatic hydroxyl groups excluding tert-OH is 1. The molecule has 0 fully saturated rings. The highest BCUT2D eigenvalue weighted by Crippen LogP contribution is 2.29. The number of rotatable bonds is 5. The molecular weight excluding hydrogens is 368 g/mol. The van der Waals surface area contributed by atoms with Crippen LogP contribution in [0.1, 0.15) is 34.5 Å². The average Bonchev–Trinajstić information content (AvgIpc) is 2.35. The largest absolute Gasteiger partial charge is 0.479 e. The Hall–Kier alpha value is -0.720. The molecule has 4 nitrogen and oxygen atoms in total. The van der Waals surface area contributed by atoms with Gasteiger partial charge >= 0.3 is 5.97 Å². The van der Waals surface area contributed by atoms with Crippen LogP contribution in [0.15, 0.2) is 18.2 Å². The maximum absolute atomic E-state index is 11.3. The summed E-state index contributed by atoms with van der Waals surface area (Å²) >= 11 is 6.46. The molecule has 0 heterocycles. The van der Waals surface area contributed by atoms with Crippen molar-refractivity contribution in [2.75, 3.05) is 0 Å². The van der Waals surface area contributed by atoms with Crippen molar-refractivity contribution in [3.05, 3.63) is 34.9 Å². The molecule has 0 spiro atoms. The molecule has 1 aromatic rings. The number of benzene rings is 1. The Morgan fingerprint density at radius 2 is 2.00 bits per heavy atom. The topological polar surface area (TPSA) is 74.6 Å². The summed E-state index contributed by atoms with van der Waals surface area (Å²) in [5, 5.41) is 18.9. The summed E-state index contributed by atoms with van der Waals surface area (Å²) in [4.78, 5) is 21.6. The van der Waals surface area contributed by atoms with Crippen LogP contribution in [-0.4, -0.2) is 22.0 Å². The van der Waals surface area contributed by atoms with Gasteiger partial charge in [0.05, 0.1) is 4.83 Å². The summed E-state index contributed by atoms with van der Waals surface area (Å²) < 4.78 is 0. The average molecular weight is 380 g/mol. The van der Waals surface area contributed by atoms with E-state index in [1.807, 2.05) is 0 Å². The van der Waals surface area contributed by atoms with E-state index < -0.39 is 16.9 Å². The van der Waals surface area contributed by atoms with Gasteiger partial charge in [0.1, 0.15) is 5.78 Å². The quantitative estimate of drug-likeness (QED) is 0.771. The normalized spacial score (nSPS) is 14.0. The van der Waals surface area contributed by atoms with Crippen molar-refractivity contribution >= 4 is 43.6 Å². The Kier molecular flexibility index (Phi) is 5.49. The Labute approximate surface area is 121 Å². The first-order valence-corrected chi connectivity index (χ1v) is 7.16. The van der Waals surface area contributed by atoms with E-state index in [1.54, 1.807) is 12.1 Å². The highest BCUT2D eigenvalue weighted by atomic mass is 79.9. The zero-order valence-electron chi connectivity index (χ0n) is 9.56. The van der Waals surface area contributed by atoms with E-state index in [4.69, 9.17) is 5.11 Å². The van der Waals surface area contributed by atoms with E-state index >= 15 is 0 Å². The number of aliphatic hydroxyl groups is 1. The lowest BCUT2D eigenvalue weighted by atomic mass is 9.98. The molecule has 2 unspecified atom stereocenters. The Balaban J connectivity index is 3.25. The van der Waals surface area contributed by atoms with Crippen molar-refractivity contribution < 1.29 is 19.8 Å². The molecule has 1 aromatic carbocycles. The lowest BCUT2D eigenvalue weighted by Crippen LogP contribution is -2.13. The molecule has 0 aromatic heterocycles. The van der Waals surface area contributed by atoms with Crippen LogP contribution in [0.25, 0.3) is 0 Å². The first-order chi connectivity index (χ1) is 8.38. The summed E-state index contributed by atoms with van der Waals surface area (Å²) in [6, 6.07) is 4.97. The molecule has 0 radical (unpaired) electrons. The standard InChI is InChI=1S/C12H12Br2O4/c1-6(15)10(14)7-2-3-8(5-13)9(4-7)11(16)12(17)18/h2-4,10-11,16H,5H2,1H3,(H,17,18). The summed E-state index contributed by atoms with van der Waals surface area (Å²) in [7, 11) is 0. The van der Waals surface area contributed by atoms with Crippen LogP contribution in [-0.2, 0) is 14.9 Å². The molecule has 2 N–H and O–H groups in total. The number of halogens is 2. The Morgan fingerprint density at radius 1 is 1.39 bits per heavy atom. The van der Waals surface area contributed by atoms with Crippen LogP contribution < -0.4 is 0 Å². The van der Waals surface area contributed by atoms with E-state index in [9.17, 15) is 14.7 Å². The van der Waals surface area contributed by atoms with Crippen LogP contribution in [0.2, 0.25) is 0 Å². The SMILES string of the molecule is CC(=O)C(Br)c1ccc(CBr)c(C(O)C(=O)O)c1. The summed E-state index contributed by atoms with van der Waals surface area (Å²) in [6.07, 6.45) is -1.59. The number of hydrogen-bond donors (Lipinski definition) is 2. The lowest BCUT2D eigenvalue weighted by Gasteiger charge is -2.14. The highest BCUT2D eigenvalue weighted by Gasteiger charge is 2.22. The van der Waals surface area contributed by atoms with Gasteiger partial charge in [-0.3, -0.25) is 4.79 Å². The van der Waals surface area contributed by atoms with Gasteiger partial charge in [0, 0.05) is 5.33 Å². The number of hydrogen-bond acceptors (Lipinski definition) is 3. The molecule has 0 aliphatic heterocycles. The van der Waals surface area contributed by atoms with Crippen molar-refractivity contribution in [3.8, 4) is 0 Å². The molecule has 2 atom stereocenters. The molecule has 18 heavy (non-hydrogen) atoms. The summed E-state index contributed by atoms with van der Waals surface area (Å²) in [5.74, 6) is -1.40. The van der Waals surface area contributed by atoms with Gasteiger partial charge in [0.25, 0.3) is 0 Å². The van der Waals surface area contributed by atoms with Crippen molar-refractivity contribution in [2.24, 2.45) is 0 Å². The first kappa shape index (κ1) is 15.3. The van der Waals surface area contributed by atoms with Crippen LogP contribution in [0, 0.1) is 0 Å². The van der Waals surface area contributed by atoms with Crippen LogP contribution >= 0.6 is 31.9 Å². The van der Waals surface area contributed by atoms with E-state index in [0.29, 0.717) is 22.0 Å². The summed E-state index contributed by atoms with van der Waals surface area (Å²) in [5.41, 5.74) is 1.60. The van der Waals surface area contributed by atoms with E-state index in [-0.39, 0.29) is 5.78 Å². The number of carboxylic acids is 1. The minimum Gasteiger partial charge on any atom is -0.479 e. The van der Waals surface area contributed by atoms with Crippen LogP contribution in [0.3, 0.4) is 0 Å². The van der Waals surface area contributed by atoms with Gasteiger partial charge in [-0.1, -0.05) is 50.1 Å².